The number of hydrogen-bond acceptors (Lipinski definition) is 2. The zero-order valence-corrected chi connectivity index (χ0v) is 13.7. The lowest BCUT2D eigenvalue weighted by atomic mass is 9.87. The second-order valence-electron chi connectivity index (χ2n) is 6.23. The molecule has 122 valence electrons. The van der Waals surface area contributed by atoms with Gasteiger partial charge in [-0.1, -0.05) is 48.0 Å². The second-order valence-corrected chi connectivity index (χ2v) is 6.64. The van der Waals surface area contributed by atoms with E-state index in [1.807, 2.05) is 24.3 Å². The number of likely N-dealkylation sites (tertiary alicyclic amines) is 1. The largest absolute Gasteiger partial charge is 0.396 e. The monoisotopic (exact) mass is 333 g/mol. The molecule has 0 aliphatic carbocycles. The third kappa shape index (κ3) is 3.92. The van der Waals surface area contributed by atoms with E-state index in [9.17, 15) is 9.50 Å². The van der Waals surface area contributed by atoms with E-state index in [0.717, 1.165) is 31.6 Å². The first-order chi connectivity index (χ1) is 11.2. The summed E-state index contributed by atoms with van der Waals surface area (Å²) in [5, 5.41) is 9.51. The van der Waals surface area contributed by atoms with Gasteiger partial charge in [-0.2, -0.15) is 0 Å². The van der Waals surface area contributed by atoms with Crippen LogP contribution in [0.5, 0.6) is 0 Å². The van der Waals surface area contributed by atoms with E-state index in [2.05, 4.69) is 17.0 Å². The smallest absolute Gasteiger partial charge is 0.142 e. The van der Waals surface area contributed by atoms with Gasteiger partial charge in [-0.05, 0) is 35.6 Å². The van der Waals surface area contributed by atoms with Crippen LogP contribution in [0.2, 0.25) is 5.02 Å². The lowest BCUT2D eigenvalue weighted by molar-refractivity contribution is 0.246. The number of aliphatic hydroxyl groups excluding tert-OH is 1. The summed E-state index contributed by atoms with van der Waals surface area (Å²) in [4.78, 5) is 2.38. The third-order valence-corrected chi connectivity index (χ3v) is 4.94. The van der Waals surface area contributed by atoms with Gasteiger partial charge >= 0.3 is 0 Å². The highest BCUT2D eigenvalue weighted by atomic mass is 35.5. The summed E-state index contributed by atoms with van der Waals surface area (Å²) in [6.07, 6.45) is 0.736. The van der Waals surface area contributed by atoms with Crippen molar-refractivity contribution in [1.82, 2.24) is 4.90 Å². The Hall–Kier alpha value is -1.42. The van der Waals surface area contributed by atoms with E-state index in [4.69, 9.17) is 11.6 Å². The molecule has 1 heterocycles. The molecular weight excluding hydrogens is 313 g/mol. The first-order valence-electron chi connectivity index (χ1n) is 7.99. The Labute approximate surface area is 141 Å². The SMILES string of the molecule is OCCC1CN(Cc2ccccc2)CC1c1ccc(Cl)c(F)c1. The third-order valence-electron chi connectivity index (χ3n) is 4.64. The molecule has 1 fully saturated rings. The highest BCUT2D eigenvalue weighted by Gasteiger charge is 2.33. The van der Waals surface area contributed by atoms with Crippen molar-refractivity contribution >= 4 is 11.6 Å². The molecule has 2 nitrogen and oxygen atoms in total. The standard InChI is InChI=1S/C19H21ClFNO/c20-18-7-6-15(10-19(18)21)17-13-22(12-16(17)8-9-23)11-14-4-2-1-3-5-14/h1-7,10,16-17,23H,8-9,11-13H2. The lowest BCUT2D eigenvalue weighted by Gasteiger charge is -2.18. The molecule has 0 spiro atoms. The molecule has 0 saturated carbocycles. The van der Waals surface area contributed by atoms with Crippen LogP contribution in [0.25, 0.3) is 0 Å². The number of benzene rings is 2. The minimum Gasteiger partial charge on any atom is -0.396 e. The van der Waals surface area contributed by atoms with Gasteiger partial charge < -0.3 is 5.11 Å². The quantitative estimate of drug-likeness (QED) is 0.891. The molecule has 1 aliphatic heterocycles. The predicted octanol–water partition coefficient (Wildman–Crippen LogP) is 4.08. The zero-order valence-electron chi connectivity index (χ0n) is 13.0. The van der Waals surface area contributed by atoms with Crippen molar-refractivity contribution in [2.24, 2.45) is 5.92 Å². The Morgan fingerprint density at radius 1 is 1.13 bits per heavy atom. The molecule has 0 aromatic heterocycles. The highest BCUT2D eigenvalue weighted by Crippen LogP contribution is 2.36. The maximum absolute atomic E-state index is 13.8. The van der Waals surface area contributed by atoms with Gasteiger partial charge in [-0.25, -0.2) is 4.39 Å². The van der Waals surface area contributed by atoms with Gasteiger partial charge in [0.2, 0.25) is 0 Å². The summed E-state index contributed by atoms with van der Waals surface area (Å²) in [6.45, 7) is 2.84. The molecule has 1 aliphatic rings. The topological polar surface area (TPSA) is 23.5 Å². The van der Waals surface area contributed by atoms with Crippen molar-refractivity contribution in [2.75, 3.05) is 19.7 Å². The normalized spacial score (nSPS) is 21.7. The average molecular weight is 334 g/mol. The maximum atomic E-state index is 13.8. The Morgan fingerprint density at radius 2 is 1.91 bits per heavy atom. The molecule has 1 saturated heterocycles. The summed E-state index contributed by atoms with van der Waals surface area (Å²) in [7, 11) is 0. The Kier molecular flexibility index (Phi) is 5.31. The summed E-state index contributed by atoms with van der Waals surface area (Å²) in [5.74, 6) is 0.204. The van der Waals surface area contributed by atoms with Crippen LogP contribution in [-0.4, -0.2) is 29.7 Å². The van der Waals surface area contributed by atoms with Gasteiger partial charge in [0.1, 0.15) is 5.82 Å². The number of rotatable bonds is 5. The average Bonchev–Trinajstić information content (AvgIpc) is 2.94. The van der Waals surface area contributed by atoms with Crippen molar-refractivity contribution in [1.29, 1.82) is 0 Å². The van der Waals surface area contributed by atoms with Gasteiger partial charge in [0.15, 0.2) is 0 Å². The number of hydrogen-bond donors (Lipinski definition) is 1. The fourth-order valence-electron chi connectivity index (χ4n) is 3.51. The van der Waals surface area contributed by atoms with Crippen molar-refractivity contribution in [3.8, 4) is 0 Å². The van der Waals surface area contributed by atoms with Crippen LogP contribution in [0.3, 0.4) is 0 Å². The van der Waals surface area contributed by atoms with Crippen molar-refractivity contribution < 1.29 is 9.50 Å². The molecule has 0 bridgehead atoms. The summed E-state index contributed by atoms with van der Waals surface area (Å²) >= 11 is 5.80. The van der Waals surface area contributed by atoms with Crippen LogP contribution < -0.4 is 0 Å². The highest BCUT2D eigenvalue weighted by molar-refractivity contribution is 6.30. The molecular formula is C19H21ClFNO. The van der Waals surface area contributed by atoms with E-state index < -0.39 is 0 Å². The molecule has 1 N–H and O–H groups in total. The first-order valence-corrected chi connectivity index (χ1v) is 8.37. The van der Waals surface area contributed by atoms with Gasteiger partial charge in [0.25, 0.3) is 0 Å². The Morgan fingerprint density at radius 3 is 2.61 bits per heavy atom. The fraction of sp³-hybridized carbons (Fsp3) is 0.368. The maximum Gasteiger partial charge on any atom is 0.142 e. The van der Waals surface area contributed by atoms with E-state index in [-0.39, 0.29) is 23.4 Å². The minimum atomic E-state index is -0.367. The van der Waals surface area contributed by atoms with Crippen LogP contribution in [0.15, 0.2) is 48.5 Å². The van der Waals surface area contributed by atoms with Gasteiger partial charge in [-0.3, -0.25) is 4.90 Å². The van der Waals surface area contributed by atoms with E-state index in [0.29, 0.717) is 5.92 Å². The number of aliphatic hydroxyl groups is 1. The molecule has 4 heteroatoms. The van der Waals surface area contributed by atoms with E-state index in [1.165, 1.54) is 5.56 Å². The van der Waals surface area contributed by atoms with Gasteiger partial charge in [0.05, 0.1) is 5.02 Å². The summed E-state index contributed by atoms with van der Waals surface area (Å²) < 4.78 is 13.8. The van der Waals surface area contributed by atoms with Gasteiger partial charge in [0, 0.05) is 32.2 Å². The van der Waals surface area contributed by atoms with Gasteiger partial charge in [-0.15, -0.1) is 0 Å². The molecule has 0 amide bonds. The Balaban J connectivity index is 1.76. The van der Waals surface area contributed by atoms with Crippen molar-refractivity contribution in [3.63, 3.8) is 0 Å². The molecule has 2 aromatic rings. The molecule has 0 radical (unpaired) electrons. The van der Waals surface area contributed by atoms with E-state index >= 15 is 0 Å². The first kappa shape index (κ1) is 16.4. The van der Waals surface area contributed by atoms with Crippen LogP contribution in [0.4, 0.5) is 4.39 Å². The molecule has 2 aromatic carbocycles. The zero-order chi connectivity index (χ0) is 16.2. The predicted molar refractivity (Wildman–Crippen MR) is 91.1 cm³/mol. The molecule has 2 unspecified atom stereocenters. The number of halogens is 2. The van der Waals surface area contributed by atoms with Crippen LogP contribution in [-0.2, 0) is 6.54 Å². The van der Waals surface area contributed by atoms with Crippen molar-refractivity contribution in [2.45, 2.75) is 18.9 Å². The number of nitrogens with zero attached hydrogens (tertiary/aromatic N) is 1. The molecule has 3 rings (SSSR count). The fourth-order valence-corrected chi connectivity index (χ4v) is 3.63. The Bertz CT molecular complexity index is 649. The van der Waals surface area contributed by atoms with Crippen LogP contribution in [0, 0.1) is 11.7 Å². The van der Waals surface area contributed by atoms with E-state index in [1.54, 1.807) is 12.1 Å². The van der Waals surface area contributed by atoms with Crippen molar-refractivity contribution in [3.05, 3.63) is 70.5 Å². The van der Waals surface area contributed by atoms with Crippen LogP contribution in [0.1, 0.15) is 23.5 Å². The molecule has 23 heavy (non-hydrogen) atoms. The second kappa shape index (κ2) is 7.43. The minimum absolute atomic E-state index is 0.159. The summed E-state index contributed by atoms with van der Waals surface area (Å²) in [6, 6.07) is 15.4. The lowest BCUT2D eigenvalue weighted by Crippen LogP contribution is -2.20. The van der Waals surface area contributed by atoms with Crippen LogP contribution >= 0.6 is 11.6 Å². The summed E-state index contributed by atoms with van der Waals surface area (Å²) in [5.41, 5.74) is 2.25. The molecule has 2 atom stereocenters.